The lowest BCUT2D eigenvalue weighted by Crippen LogP contribution is -2.27. The van der Waals surface area contributed by atoms with Crippen LogP contribution in [0.4, 0.5) is 0 Å². The number of aliphatic hydroxyl groups is 1. The van der Waals surface area contributed by atoms with E-state index in [9.17, 15) is 9.90 Å². The first-order valence-electron chi connectivity index (χ1n) is 8.70. The zero-order valence-corrected chi connectivity index (χ0v) is 15.1. The second kappa shape index (κ2) is 6.25. The van der Waals surface area contributed by atoms with Gasteiger partial charge in [0.2, 0.25) is 0 Å². The number of hydrogen-bond donors (Lipinski definition) is 1. The molecule has 1 aromatic carbocycles. The van der Waals surface area contributed by atoms with Crippen molar-refractivity contribution >= 4 is 16.9 Å². The minimum Gasteiger partial charge on any atom is -0.465 e. The zero-order valence-electron chi connectivity index (χ0n) is 15.1. The highest BCUT2D eigenvalue weighted by Gasteiger charge is 2.32. The molecule has 0 fully saturated rings. The number of carbonyl (C=O) groups excluding carboxylic acids is 1. The molecular weight excluding hydrogens is 302 g/mol. The van der Waals surface area contributed by atoms with E-state index in [4.69, 9.17) is 4.74 Å². The zero-order chi connectivity index (χ0) is 17.5. The summed E-state index contributed by atoms with van der Waals surface area (Å²) < 4.78 is 7.10. The summed E-state index contributed by atoms with van der Waals surface area (Å²) in [5, 5.41) is 10.7. The molecule has 4 nitrogen and oxygen atoms in total. The Hall–Kier alpha value is -1.81. The number of aromatic nitrogens is 1. The Morgan fingerprint density at radius 1 is 1.38 bits per heavy atom. The number of esters is 1. The summed E-state index contributed by atoms with van der Waals surface area (Å²) in [5.41, 5.74) is 4.39. The van der Waals surface area contributed by atoms with E-state index in [1.807, 2.05) is 12.1 Å². The fourth-order valence-corrected chi connectivity index (χ4v) is 4.06. The summed E-state index contributed by atoms with van der Waals surface area (Å²) in [7, 11) is 1.41. The third-order valence-corrected chi connectivity index (χ3v) is 5.44. The van der Waals surface area contributed by atoms with Gasteiger partial charge in [-0.3, -0.25) is 0 Å². The van der Waals surface area contributed by atoms with Gasteiger partial charge in [0.15, 0.2) is 0 Å². The van der Waals surface area contributed by atoms with Gasteiger partial charge in [0.05, 0.1) is 24.8 Å². The minimum atomic E-state index is -0.318. The maximum absolute atomic E-state index is 12.2. The second-order valence-electron chi connectivity index (χ2n) is 7.80. The summed E-state index contributed by atoms with van der Waals surface area (Å²) >= 11 is 0. The standard InChI is InChI=1S/C20H27NO3/c1-20(2,3)13-8-9-17-16(12-13)14-6-5-7-15(19(23)24-4)18(14)21(17)10-11-22/h5-7,13,22H,8-12H2,1-4H3. The molecule has 2 aromatic rings. The smallest absolute Gasteiger partial charge is 0.340 e. The SMILES string of the molecule is COC(=O)c1cccc2c3c(n(CCO)c12)CCC(C(C)(C)C)C3. The Morgan fingerprint density at radius 3 is 2.75 bits per heavy atom. The number of carbonyl (C=O) groups is 1. The van der Waals surface area contributed by atoms with Crippen molar-refractivity contribution in [1.29, 1.82) is 0 Å². The molecule has 1 aromatic heterocycles. The molecule has 0 bridgehead atoms. The predicted octanol–water partition coefficient (Wildman–Crippen LogP) is 3.57. The highest BCUT2D eigenvalue weighted by atomic mass is 16.5. The number of fused-ring (bicyclic) bond motifs is 3. The number of para-hydroxylation sites is 1. The Balaban J connectivity index is 2.22. The first-order chi connectivity index (χ1) is 11.4. The molecule has 0 spiro atoms. The summed E-state index contributed by atoms with van der Waals surface area (Å²) in [5.74, 6) is 0.307. The van der Waals surface area contributed by atoms with Gasteiger partial charge >= 0.3 is 5.97 Å². The molecule has 1 aliphatic carbocycles. The maximum Gasteiger partial charge on any atom is 0.340 e. The van der Waals surface area contributed by atoms with Crippen LogP contribution in [0, 0.1) is 11.3 Å². The van der Waals surface area contributed by atoms with Gasteiger partial charge in [-0.05, 0) is 42.2 Å². The van der Waals surface area contributed by atoms with E-state index in [2.05, 4.69) is 31.4 Å². The fraction of sp³-hybridized carbons (Fsp3) is 0.550. The summed E-state index contributed by atoms with van der Waals surface area (Å²) in [6.45, 7) is 7.48. The van der Waals surface area contributed by atoms with Crippen LogP contribution in [0.2, 0.25) is 0 Å². The molecular formula is C20H27NO3. The van der Waals surface area contributed by atoms with Gasteiger partial charge in [0.1, 0.15) is 0 Å². The van der Waals surface area contributed by atoms with Crippen LogP contribution in [0.15, 0.2) is 18.2 Å². The molecule has 4 heteroatoms. The average Bonchev–Trinajstić information content (AvgIpc) is 2.87. The number of rotatable bonds is 3. The number of nitrogens with zero attached hydrogens (tertiary/aromatic N) is 1. The average molecular weight is 329 g/mol. The minimum absolute atomic E-state index is 0.0639. The summed E-state index contributed by atoms with van der Waals surface area (Å²) in [6.07, 6.45) is 3.16. The van der Waals surface area contributed by atoms with Gasteiger partial charge in [-0.25, -0.2) is 4.79 Å². The van der Waals surface area contributed by atoms with Gasteiger partial charge in [0, 0.05) is 17.6 Å². The lowest BCUT2D eigenvalue weighted by atomic mass is 9.71. The Kier molecular flexibility index (Phi) is 4.43. The van der Waals surface area contributed by atoms with E-state index >= 15 is 0 Å². The van der Waals surface area contributed by atoms with Crippen LogP contribution in [0.25, 0.3) is 10.9 Å². The van der Waals surface area contributed by atoms with Crippen molar-refractivity contribution in [3.63, 3.8) is 0 Å². The van der Waals surface area contributed by atoms with E-state index in [0.29, 0.717) is 18.0 Å². The van der Waals surface area contributed by atoms with E-state index in [-0.39, 0.29) is 18.0 Å². The monoisotopic (exact) mass is 329 g/mol. The van der Waals surface area contributed by atoms with E-state index in [0.717, 1.165) is 30.2 Å². The van der Waals surface area contributed by atoms with Crippen molar-refractivity contribution in [2.75, 3.05) is 13.7 Å². The predicted molar refractivity (Wildman–Crippen MR) is 95.3 cm³/mol. The number of ether oxygens (including phenoxy) is 1. The van der Waals surface area contributed by atoms with Crippen LogP contribution >= 0.6 is 0 Å². The quantitative estimate of drug-likeness (QED) is 0.876. The van der Waals surface area contributed by atoms with Crippen LogP contribution in [0.5, 0.6) is 0 Å². The number of hydrogen-bond acceptors (Lipinski definition) is 3. The maximum atomic E-state index is 12.2. The van der Waals surface area contributed by atoms with Crippen LogP contribution in [0.3, 0.4) is 0 Å². The largest absolute Gasteiger partial charge is 0.465 e. The van der Waals surface area contributed by atoms with Crippen molar-refractivity contribution < 1.29 is 14.6 Å². The molecule has 1 heterocycles. The first kappa shape index (κ1) is 17.0. The molecule has 0 amide bonds. The molecule has 24 heavy (non-hydrogen) atoms. The van der Waals surface area contributed by atoms with Crippen LogP contribution in [-0.2, 0) is 24.1 Å². The number of aliphatic hydroxyl groups excluding tert-OH is 1. The molecule has 130 valence electrons. The van der Waals surface area contributed by atoms with Crippen LogP contribution in [-0.4, -0.2) is 29.4 Å². The van der Waals surface area contributed by atoms with Gasteiger partial charge in [-0.1, -0.05) is 32.9 Å². The number of benzene rings is 1. The van der Waals surface area contributed by atoms with Gasteiger partial charge in [-0.2, -0.15) is 0 Å². The lowest BCUT2D eigenvalue weighted by molar-refractivity contribution is 0.0602. The number of methoxy groups -OCH3 is 1. The van der Waals surface area contributed by atoms with Crippen molar-refractivity contribution in [3.05, 3.63) is 35.0 Å². The van der Waals surface area contributed by atoms with Crippen LogP contribution in [0.1, 0.15) is 48.8 Å². The van der Waals surface area contributed by atoms with Gasteiger partial charge in [-0.15, -0.1) is 0 Å². The van der Waals surface area contributed by atoms with E-state index in [1.54, 1.807) is 0 Å². The lowest BCUT2D eigenvalue weighted by Gasteiger charge is -2.34. The topological polar surface area (TPSA) is 51.5 Å². The molecule has 0 saturated heterocycles. The summed E-state index contributed by atoms with van der Waals surface area (Å²) in [6, 6.07) is 5.84. The molecule has 0 radical (unpaired) electrons. The first-order valence-corrected chi connectivity index (χ1v) is 8.70. The second-order valence-corrected chi connectivity index (χ2v) is 7.80. The van der Waals surface area contributed by atoms with Crippen LogP contribution < -0.4 is 0 Å². The fourth-order valence-electron chi connectivity index (χ4n) is 4.06. The Labute approximate surface area is 143 Å². The normalized spacial score (nSPS) is 17.8. The Bertz CT molecular complexity index is 767. The molecule has 1 aliphatic rings. The van der Waals surface area contributed by atoms with Crippen molar-refractivity contribution in [2.24, 2.45) is 11.3 Å². The third kappa shape index (κ3) is 2.73. The molecule has 1 unspecified atom stereocenters. The molecule has 0 aliphatic heterocycles. The summed E-state index contributed by atoms with van der Waals surface area (Å²) in [4.78, 5) is 12.2. The third-order valence-electron chi connectivity index (χ3n) is 5.44. The Morgan fingerprint density at radius 2 is 2.12 bits per heavy atom. The molecule has 1 N–H and O–H groups in total. The van der Waals surface area contributed by atoms with Gasteiger partial charge in [0.25, 0.3) is 0 Å². The van der Waals surface area contributed by atoms with E-state index in [1.165, 1.54) is 18.4 Å². The highest BCUT2D eigenvalue weighted by Crippen LogP contribution is 2.41. The van der Waals surface area contributed by atoms with Crippen molar-refractivity contribution in [3.8, 4) is 0 Å². The van der Waals surface area contributed by atoms with Crippen molar-refractivity contribution in [2.45, 2.75) is 46.6 Å². The van der Waals surface area contributed by atoms with E-state index < -0.39 is 0 Å². The molecule has 1 atom stereocenters. The van der Waals surface area contributed by atoms with Gasteiger partial charge < -0.3 is 14.4 Å². The highest BCUT2D eigenvalue weighted by molar-refractivity contribution is 6.04. The molecule has 3 rings (SSSR count). The van der Waals surface area contributed by atoms with Crippen molar-refractivity contribution in [1.82, 2.24) is 4.57 Å². The molecule has 0 saturated carbocycles.